The Morgan fingerprint density at radius 2 is 1.68 bits per heavy atom. The van der Waals surface area contributed by atoms with Crippen LogP contribution in [-0.2, 0) is 11.3 Å². The number of amides is 1. The minimum absolute atomic E-state index is 0.0736. The van der Waals surface area contributed by atoms with Crippen molar-refractivity contribution in [2.45, 2.75) is 13.5 Å². The molecule has 0 atom stereocenters. The van der Waals surface area contributed by atoms with Crippen LogP contribution in [0.1, 0.15) is 38.8 Å². The third-order valence-corrected chi connectivity index (χ3v) is 5.13. The zero-order chi connectivity index (χ0) is 26.9. The number of carboxylic acids is 2. The molecule has 1 amide bonds. The number of amidine groups is 1. The summed E-state index contributed by atoms with van der Waals surface area (Å²) in [7, 11) is 0. The second-order valence-electron chi connectivity index (χ2n) is 7.72. The van der Waals surface area contributed by atoms with Crippen molar-refractivity contribution >= 4 is 35.1 Å². The highest BCUT2D eigenvalue weighted by Gasteiger charge is 2.18. The molecule has 0 aliphatic carbocycles. The lowest BCUT2D eigenvalue weighted by Crippen LogP contribution is -2.17. The van der Waals surface area contributed by atoms with Gasteiger partial charge in [0, 0.05) is 29.0 Å². The van der Waals surface area contributed by atoms with Gasteiger partial charge in [0.1, 0.15) is 5.84 Å². The first-order chi connectivity index (χ1) is 17.7. The third kappa shape index (κ3) is 6.98. The van der Waals surface area contributed by atoms with E-state index in [-0.39, 0.29) is 29.3 Å². The van der Waals surface area contributed by atoms with Gasteiger partial charge in [-0.25, -0.2) is 9.59 Å². The number of nitrogens with one attached hydrogen (secondary N) is 3. The number of nitrogen functional groups attached to an aromatic ring is 1. The lowest BCUT2D eigenvalue weighted by atomic mass is 10.1. The number of anilines is 2. The highest BCUT2D eigenvalue weighted by Crippen LogP contribution is 2.32. The first-order valence-electron chi connectivity index (χ1n) is 11.2. The van der Waals surface area contributed by atoms with Crippen LogP contribution in [0.25, 0.3) is 0 Å². The Morgan fingerprint density at radius 3 is 2.30 bits per heavy atom. The number of aromatic carboxylic acids is 1. The van der Waals surface area contributed by atoms with E-state index in [0.717, 1.165) is 0 Å². The Balaban J connectivity index is 1.88. The highest BCUT2D eigenvalue weighted by molar-refractivity contribution is 6.09. The molecule has 3 rings (SSSR count). The molecule has 11 nitrogen and oxygen atoms in total. The molecule has 0 aliphatic heterocycles. The molecule has 0 unspecified atom stereocenters. The number of carboxylic acid groups (broad SMARTS) is 2. The molecule has 11 heteroatoms. The summed E-state index contributed by atoms with van der Waals surface area (Å²) in [6.45, 7) is 1.68. The fourth-order valence-electron chi connectivity index (χ4n) is 3.41. The molecule has 0 bridgehead atoms. The van der Waals surface area contributed by atoms with Gasteiger partial charge in [0.15, 0.2) is 18.1 Å². The first kappa shape index (κ1) is 26.5. The van der Waals surface area contributed by atoms with Gasteiger partial charge in [-0.3, -0.25) is 10.2 Å². The van der Waals surface area contributed by atoms with Crippen molar-refractivity contribution in [3.63, 3.8) is 0 Å². The average Bonchev–Trinajstić information content (AvgIpc) is 2.87. The SMILES string of the molecule is CCOc1cccc(CNc2ccc(C(=O)O)cc2C(=O)Nc2ccc(C(=N)N)cc2)c1OCC(=O)O. The van der Waals surface area contributed by atoms with Crippen molar-refractivity contribution in [3.8, 4) is 11.5 Å². The molecule has 0 heterocycles. The van der Waals surface area contributed by atoms with Crippen LogP contribution in [0.5, 0.6) is 11.5 Å². The Kier molecular flexibility index (Phi) is 8.66. The lowest BCUT2D eigenvalue weighted by Gasteiger charge is -2.17. The van der Waals surface area contributed by atoms with Crippen LogP contribution in [0.15, 0.2) is 60.7 Å². The molecule has 0 saturated heterocycles. The van der Waals surface area contributed by atoms with Crippen molar-refractivity contribution in [3.05, 3.63) is 82.9 Å². The van der Waals surface area contributed by atoms with Crippen LogP contribution < -0.4 is 25.8 Å². The van der Waals surface area contributed by atoms with Crippen molar-refractivity contribution < 1.29 is 34.1 Å². The molecule has 3 aromatic carbocycles. The summed E-state index contributed by atoms with van der Waals surface area (Å²) in [6, 6.07) is 15.5. The molecule has 192 valence electrons. The second-order valence-corrected chi connectivity index (χ2v) is 7.72. The van der Waals surface area contributed by atoms with E-state index in [2.05, 4.69) is 10.6 Å². The van der Waals surface area contributed by atoms with Gasteiger partial charge in [0.05, 0.1) is 17.7 Å². The summed E-state index contributed by atoms with van der Waals surface area (Å²) < 4.78 is 11.0. The molecule has 3 aromatic rings. The quantitative estimate of drug-likeness (QED) is 0.158. The molecule has 7 N–H and O–H groups in total. The van der Waals surface area contributed by atoms with Gasteiger partial charge in [-0.2, -0.15) is 0 Å². The van der Waals surface area contributed by atoms with Crippen LogP contribution in [0.4, 0.5) is 11.4 Å². The summed E-state index contributed by atoms with van der Waals surface area (Å²) in [5.41, 5.74) is 7.28. The third-order valence-electron chi connectivity index (χ3n) is 5.13. The summed E-state index contributed by atoms with van der Waals surface area (Å²) >= 11 is 0. The number of para-hydroxylation sites is 1. The normalized spacial score (nSPS) is 10.3. The molecular formula is C26H26N4O7. The maximum absolute atomic E-state index is 13.1. The standard InChI is InChI=1S/C26H26N4O7/c1-2-36-21-5-3-4-17(23(21)37-14-22(31)32)13-29-20-11-8-16(26(34)35)12-19(20)25(33)30-18-9-6-15(7-10-18)24(27)28/h3-12,29H,2,13-14H2,1H3,(H3,27,28)(H,30,33)(H,31,32)(H,34,35). The minimum Gasteiger partial charge on any atom is -0.490 e. The van der Waals surface area contributed by atoms with Crippen molar-refractivity contribution in [2.75, 3.05) is 23.8 Å². The molecule has 0 aliphatic rings. The number of hydrogen-bond donors (Lipinski definition) is 6. The maximum atomic E-state index is 13.1. The summed E-state index contributed by atoms with van der Waals surface area (Å²) in [5, 5.41) is 31.7. The number of carbonyl (C=O) groups excluding carboxylic acids is 1. The molecule has 0 radical (unpaired) electrons. The first-order valence-corrected chi connectivity index (χ1v) is 11.2. The van der Waals surface area contributed by atoms with Gasteiger partial charge in [-0.05, 0) is 55.5 Å². The van der Waals surface area contributed by atoms with E-state index in [0.29, 0.717) is 34.9 Å². The van der Waals surface area contributed by atoms with Crippen LogP contribution in [0.2, 0.25) is 0 Å². The number of ether oxygens (including phenoxy) is 2. The maximum Gasteiger partial charge on any atom is 0.341 e. The number of hydrogen-bond acceptors (Lipinski definition) is 7. The van der Waals surface area contributed by atoms with Gasteiger partial charge in [-0.15, -0.1) is 0 Å². The predicted octanol–water partition coefficient (Wildman–Crippen LogP) is 3.40. The zero-order valence-electron chi connectivity index (χ0n) is 19.9. The zero-order valence-corrected chi connectivity index (χ0v) is 19.9. The second kappa shape index (κ2) is 12.1. The Hall–Kier alpha value is -5.06. The summed E-state index contributed by atoms with van der Waals surface area (Å²) in [4.78, 5) is 35.7. The molecule has 0 aromatic heterocycles. The van der Waals surface area contributed by atoms with E-state index >= 15 is 0 Å². The molecular weight excluding hydrogens is 480 g/mol. The number of carbonyl (C=O) groups is 3. The predicted molar refractivity (Wildman–Crippen MR) is 137 cm³/mol. The average molecular weight is 507 g/mol. The number of rotatable bonds is 12. The van der Waals surface area contributed by atoms with Gasteiger partial charge in [0.25, 0.3) is 5.91 Å². The molecule has 0 spiro atoms. The van der Waals surface area contributed by atoms with Crippen LogP contribution in [0, 0.1) is 5.41 Å². The van der Waals surface area contributed by atoms with E-state index < -0.39 is 24.5 Å². The van der Waals surface area contributed by atoms with Crippen LogP contribution >= 0.6 is 0 Å². The van der Waals surface area contributed by atoms with Crippen molar-refractivity contribution in [2.24, 2.45) is 5.73 Å². The monoisotopic (exact) mass is 506 g/mol. The van der Waals surface area contributed by atoms with Crippen molar-refractivity contribution in [1.29, 1.82) is 5.41 Å². The topological polar surface area (TPSA) is 184 Å². The number of benzene rings is 3. The number of nitrogens with two attached hydrogens (primary N) is 1. The summed E-state index contributed by atoms with van der Waals surface area (Å²) in [6.07, 6.45) is 0. The van der Waals surface area contributed by atoms with E-state index in [1.165, 1.54) is 18.2 Å². The van der Waals surface area contributed by atoms with Crippen LogP contribution in [0.3, 0.4) is 0 Å². The lowest BCUT2D eigenvalue weighted by molar-refractivity contribution is -0.139. The largest absolute Gasteiger partial charge is 0.490 e. The van der Waals surface area contributed by atoms with Crippen LogP contribution in [-0.4, -0.2) is 47.1 Å². The van der Waals surface area contributed by atoms with Gasteiger partial charge in [-0.1, -0.05) is 12.1 Å². The van der Waals surface area contributed by atoms with E-state index in [1.54, 1.807) is 49.4 Å². The Morgan fingerprint density at radius 1 is 0.973 bits per heavy atom. The van der Waals surface area contributed by atoms with E-state index in [4.69, 9.17) is 25.7 Å². The fraction of sp³-hybridized carbons (Fsp3) is 0.154. The molecule has 0 fully saturated rings. The summed E-state index contributed by atoms with van der Waals surface area (Å²) in [5.74, 6) is -2.40. The Labute approximate surface area is 212 Å². The van der Waals surface area contributed by atoms with Gasteiger partial charge < -0.3 is 36.1 Å². The minimum atomic E-state index is -1.19. The Bertz CT molecular complexity index is 1320. The van der Waals surface area contributed by atoms with Crippen molar-refractivity contribution in [1.82, 2.24) is 0 Å². The van der Waals surface area contributed by atoms with E-state index in [1.807, 2.05) is 0 Å². The smallest absolute Gasteiger partial charge is 0.341 e. The van der Waals surface area contributed by atoms with Gasteiger partial charge in [0.2, 0.25) is 0 Å². The fourth-order valence-corrected chi connectivity index (χ4v) is 3.41. The molecule has 0 saturated carbocycles. The molecule has 37 heavy (non-hydrogen) atoms. The van der Waals surface area contributed by atoms with E-state index in [9.17, 15) is 19.5 Å². The van der Waals surface area contributed by atoms with Gasteiger partial charge >= 0.3 is 11.9 Å². The highest BCUT2D eigenvalue weighted by atomic mass is 16.5. The number of aliphatic carboxylic acids is 1.